The molecule has 0 aromatic rings. The summed E-state index contributed by atoms with van der Waals surface area (Å²) in [4.78, 5) is 0. The zero-order chi connectivity index (χ0) is 9.03. The number of piperidine rings is 1. The van der Waals surface area contributed by atoms with Gasteiger partial charge in [0.05, 0.1) is 18.3 Å². The van der Waals surface area contributed by atoms with Crippen LogP contribution in [-0.4, -0.2) is 46.7 Å². The molecular formula is C8H17NO3. The van der Waals surface area contributed by atoms with Gasteiger partial charge in [-0.05, 0) is 25.9 Å². The van der Waals surface area contributed by atoms with Crippen LogP contribution in [0.3, 0.4) is 0 Å². The van der Waals surface area contributed by atoms with Gasteiger partial charge in [-0.25, -0.2) is 0 Å². The van der Waals surface area contributed by atoms with Crippen LogP contribution in [0.2, 0.25) is 0 Å². The first-order chi connectivity index (χ1) is 5.66. The van der Waals surface area contributed by atoms with E-state index in [1.807, 2.05) is 0 Å². The summed E-state index contributed by atoms with van der Waals surface area (Å²) in [5.74, 6) is 0. The SMILES string of the molecule is OCC(O)CC1(O)CCNCC1. The predicted molar refractivity (Wildman–Crippen MR) is 44.8 cm³/mol. The molecule has 0 bridgehead atoms. The molecule has 0 radical (unpaired) electrons. The average Bonchev–Trinajstić information content (AvgIpc) is 2.05. The molecule has 1 unspecified atom stereocenters. The Bertz CT molecular complexity index is 134. The van der Waals surface area contributed by atoms with Crippen molar-refractivity contribution >= 4 is 0 Å². The first-order valence-electron chi connectivity index (χ1n) is 4.38. The quantitative estimate of drug-likeness (QED) is 0.437. The Balaban J connectivity index is 2.35. The third-order valence-electron chi connectivity index (χ3n) is 2.36. The van der Waals surface area contributed by atoms with Crippen LogP contribution in [0.15, 0.2) is 0 Å². The third kappa shape index (κ3) is 2.71. The highest BCUT2D eigenvalue weighted by molar-refractivity contribution is 4.86. The smallest absolute Gasteiger partial charge is 0.0798 e. The highest BCUT2D eigenvalue weighted by Gasteiger charge is 2.31. The van der Waals surface area contributed by atoms with E-state index in [0.717, 1.165) is 13.1 Å². The molecule has 4 heteroatoms. The molecule has 1 rings (SSSR count). The van der Waals surface area contributed by atoms with Crippen LogP contribution < -0.4 is 5.32 Å². The predicted octanol–water partition coefficient (Wildman–Crippen LogP) is -1.16. The van der Waals surface area contributed by atoms with E-state index in [2.05, 4.69) is 5.32 Å². The highest BCUT2D eigenvalue weighted by atomic mass is 16.3. The van der Waals surface area contributed by atoms with Crippen LogP contribution in [0.5, 0.6) is 0 Å². The summed E-state index contributed by atoms with van der Waals surface area (Å²) in [7, 11) is 0. The first kappa shape index (κ1) is 9.92. The van der Waals surface area contributed by atoms with E-state index in [-0.39, 0.29) is 13.0 Å². The fraction of sp³-hybridized carbons (Fsp3) is 1.00. The monoisotopic (exact) mass is 175 g/mol. The Morgan fingerprint density at radius 3 is 2.42 bits per heavy atom. The van der Waals surface area contributed by atoms with Gasteiger partial charge in [-0.15, -0.1) is 0 Å². The molecule has 0 saturated carbocycles. The van der Waals surface area contributed by atoms with Gasteiger partial charge in [0.1, 0.15) is 0 Å². The fourth-order valence-corrected chi connectivity index (χ4v) is 1.60. The van der Waals surface area contributed by atoms with Gasteiger partial charge in [-0.1, -0.05) is 0 Å². The largest absolute Gasteiger partial charge is 0.394 e. The van der Waals surface area contributed by atoms with Gasteiger partial charge in [-0.3, -0.25) is 0 Å². The third-order valence-corrected chi connectivity index (χ3v) is 2.36. The van der Waals surface area contributed by atoms with E-state index in [9.17, 15) is 5.11 Å². The molecule has 0 spiro atoms. The summed E-state index contributed by atoms with van der Waals surface area (Å²) < 4.78 is 0. The van der Waals surface area contributed by atoms with Crippen LogP contribution in [0, 0.1) is 0 Å². The molecule has 0 aromatic carbocycles. The summed E-state index contributed by atoms with van der Waals surface area (Å²) in [5.41, 5.74) is -0.770. The van der Waals surface area contributed by atoms with Crippen LogP contribution in [0.1, 0.15) is 19.3 Å². The normalized spacial score (nSPS) is 25.2. The second kappa shape index (κ2) is 4.18. The molecule has 1 saturated heterocycles. The zero-order valence-electron chi connectivity index (χ0n) is 7.16. The summed E-state index contributed by atoms with van der Waals surface area (Å²) in [5, 5.41) is 30.7. The number of nitrogens with one attached hydrogen (secondary N) is 1. The van der Waals surface area contributed by atoms with Crippen LogP contribution in [0.4, 0.5) is 0 Å². The standard InChI is InChI=1S/C8H17NO3/c10-6-7(11)5-8(12)1-3-9-4-2-8/h7,9-12H,1-6H2. The Kier molecular flexibility index (Phi) is 3.46. The maximum absolute atomic E-state index is 9.86. The number of hydrogen-bond donors (Lipinski definition) is 4. The van der Waals surface area contributed by atoms with Crippen LogP contribution in [-0.2, 0) is 0 Å². The minimum absolute atomic E-state index is 0.268. The van der Waals surface area contributed by atoms with Gasteiger partial charge < -0.3 is 20.6 Å². The number of aliphatic hydroxyl groups is 3. The maximum Gasteiger partial charge on any atom is 0.0798 e. The van der Waals surface area contributed by atoms with Crippen molar-refractivity contribution in [1.82, 2.24) is 5.32 Å². The van der Waals surface area contributed by atoms with Crippen molar-refractivity contribution in [2.75, 3.05) is 19.7 Å². The fourth-order valence-electron chi connectivity index (χ4n) is 1.60. The molecule has 1 aliphatic rings. The summed E-state index contributed by atoms with van der Waals surface area (Å²) in [6.07, 6.45) is 0.812. The lowest BCUT2D eigenvalue weighted by Gasteiger charge is -2.33. The molecule has 1 aliphatic heterocycles. The zero-order valence-corrected chi connectivity index (χ0v) is 7.16. The summed E-state index contributed by atoms with van der Waals surface area (Å²) >= 11 is 0. The topological polar surface area (TPSA) is 72.7 Å². The number of hydrogen-bond acceptors (Lipinski definition) is 4. The van der Waals surface area contributed by atoms with Crippen molar-refractivity contribution in [1.29, 1.82) is 0 Å². The molecule has 4 nitrogen and oxygen atoms in total. The lowest BCUT2D eigenvalue weighted by Crippen LogP contribution is -2.44. The van der Waals surface area contributed by atoms with Crippen molar-refractivity contribution in [3.05, 3.63) is 0 Å². The first-order valence-corrected chi connectivity index (χ1v) is 4.38. The van der Waals surface area contributed by atoms with Gasteiger partial charge in [-0.2, -0.15) is 0 Å². The Hall–Kier alpha value is -0.160. The van der Waals surface area contributed by atoms with Gasteiger partial charge in [0.25, 0.3) is 0 Å². The van der Waals surface area contributed by atoms with Crippen LogP contribution >= 0.6 is 0 Å². The molecule has 0 aromatic heterocycles. The van der Waals surface area contributed by atoms with E-state index in [1.165, 1.54) is 0 Å². The average molecular weight is 175 g/mol. The van der Waals surface area contributed by atoms with Gasteiger partial charge >= 0.3 is 0 Å². The molecule has 1 atom stereocenters. The lowest BCUT2D eigenvalue weighted by atomic mass is 9.87. The van der Waals surface area contributed by atoms with Crippen molar-refractivity contribution < 1.29 is 15.3 Å². The van der Waals surface area contributed by atoms with Gasteiger partial charge in [0, 0.05) is 6.42 Å². The molecule has 12 heavy (non-hydrogen) atoms. The van der Waals surface area contributed by atoms with Crippen molar-refractivity contribution in [3.63, 3.8) is 0 Å². The second-order valence-electron chi connectivity index (χ2n) is 3.51. The Morgan fingerprint density at radius 2 is 1.92 bits per heavy atom. The molecule has 0 aliphatic carbocycles. The van der Waals surface area contributed by atoms with Gasteiger partial charge in [0.2, 0.25) is 0 Å². The molecule has 1 heterocycles. The maximum atomic E-state index is 9.86. The Labute approximate surface area is 72.2 Å². The van der Waals surface area contributed by atoms with E-state index in [0.29, 0.717) is 12.8 Å². The minimum Gasteiger partial charge on any atom is -0.394 e. The van der Waals surface area contributed by atoms with Crippen molar-refractivity contribution in [3.8, 4) is 0 Å². The summed E-state index contributed by atoms with van der Waals surface area (Å²) in [6.45, 7) is 1.30. The second-order valence-corrected chi connectivity index (χ2v) is 3.51. The van der Waals surface area contributed by atoms with E-state index < -0.39 is 11.7 Å². The number of rotatable bonds is 3. The van der Waals surface area contributed by atoms with Crippen molar-refractivity contribution in [2.24, 2.45) is 0 Å². The molecule has 1 fully saturated rings. The molecule has 0 amide bonds. The van der Waals surface area contributed by atoms with E-state index >= 15 is 0 Å². The van der Waals surface area contributed by atoms with E-state index in [4.69, 9.17) is 10.2 Å². The molecule has 4 N–H and O–H groups in total. The molecule has 72 valence electrons. The highest BCUT2D eigenvalue weighted by Crippen LogP contribution is 2.23. The minimum atomic E-state index is -0.784. The van der Waals surface area contributed by atoms with Gasteiger partial charge in [0.15, 0.2) is 0 Å². The number of aliphatic hydroxyl groups excluding tert-OH is 2. The Morgan fingerprint density at radius 1 is 1.33 bits per heavy atom. The summed E-state index contributed by atoms with van der Waals surface area (Å²) in [6, 6.07) is 0. The van der Waals surface area contributed by atoms with Crippen LogP contribution in [0.25, 0.3) is 0 Å². The molecular weight excluding hydrogens is 158 g/mol. The van der Waals surface area contributed by atoms with E-state index in [1.54, 1.807) is 0 Å². The lowest BCUT2D eigenvalue weighted by molar-refractivity contribution is -0.0444. The van der Waals surface area contributed by atoms with Crippen molar-refractivity contribution in [2.45, 2.75) is 31.0 Å².